The Labute approximate surface area is 96.5 Å². The quantitative estimate of drug-likeness (QED) is 0.921. The number of hydrogen-bond donors (Lipinski definition) is 1. The highest BCUT2D eigenvalue weighted by Crippen LogP contribution is 2.33. The van der Waals surface area contributed by atoms with Crippen molar-refractivity contribution >= 4 is 27.5 Å². The van der Waals surface area contributed by atoms with Crippen LogP contribution >= 0.6 is 27.5 Å². The number of hydrogen-bond acceptors (Lipinski definition) is 2. The van der Waals surface area contributed by atoms with E-state index in [9.17, 15) is 0 Å². The molecule has 1 aromatic rings. The molecular weight excluding hydrogens is 265 g/mol. The molecular formula is C10H11BrClNO. The Morgan fingerprint density at radius 2 is 2.21 bits per heavy atom. The van der Waals surface area contributed by atoms with E-state index in [0.717, 1.165) is 23.1 Å². The topological polar surface area (TPSA) is 35.2 Å². The Bertz CT molecular complexity index is 352. The van der Waals surface area contributed by atoms with Gasteiger partial charge < -0.3 is 10.5 Å². The molecule has 0 radical (unpaired) electrons. The van der Waals surface area contributed by atoms with Crippen molar-refractivity contribution in [2.45, 2.75) is 18.4 Å². The van der Waals surface area contributed by atoms with Crippen molar-refractivity contribution in [3.63, 3.8) is 0 Å². The minimum Gasteiger partial charge on any atom is -0.492 e. The van der Waals surface area contributed by atoms with E-state index in [2.05, 4.69) is 15.9 Å². The molecule has 0 bridgehead atoms. The lowest BCUT2D eigenvalue weighted by Gasteiger charge is -2.11. The second kappa shape index (κ2) is 3.72. The predicted octanol–water partition coefficient (Wildman–Crippen LogP) is 2.97. The minimum atomic E-state index is -0.0838. The first kappa shape index (κ1) is 10.3. The molecule has 76 valence electrons. The molecule has 2 rings (SSSR count). The summed E-state index contributed by atoms with van der Waals surface area (Å²) < 4.78 is 6.41. The normalized spacial score (nSPS) is 17.9. The van der Waals surface area contributed by atoms with Gasteiger partial charge in [0, 0.05) is 4.47 Å². The fourth-order valence-electron chi connectivity index (χ4n) is 1.10. The van der Waals surface area contributed by atoms with Gasteiger partial charge >= 0.3 is 0 Å². The first-order valence-corrected chi connectivity index (χ1v) is 5.63. The summed E-state index contributed by atoms with van der Waals surface area (Å²) in [6.07, 6.45) is 2.11. The Morgan fingerprint density at radius 1 is 1.50 bits per heavy atom. The molecule has 14 heavy (non-hydrogen) atoms. The van der Waals surface area contributed by atoms with Crippen molar-refractivity contribution in [2.24, 2.45) is 5.73 Å². The largest absolute Gasteiger partial charge is 0.492 e. The van der Waals surface area contributed by atoms with Gasteiger partial charge in [-0.15, -0.1) is 0 Å². The van der Waals surface area contributed by atoms with Crippen molar-refractivity contribution in [3.8, 4) is 5.75 Å². The third kappa shape index (κ3) is 2.41. The van der Waals surface area contributed by atoms with Gasteiger partial charge in [0.05, 0.1) is 10.6 Å². The first-order chi connectivity index (χ1) is 6.59. The zero-order valence-electron chi connectivity index (χ0n) is 7.59. The molecule has 0 amide bonds. The van der Waals surface area contributed by atoms with Crippen molar-refractivity contribution < 1.29 is 4.74 Å². The lowest BCUT2D eigenvalue weighted by atomic mass is 10.3. The number of nitrogens with two attached hydrogens (primary N) is 1. The van der Waals surface area contributed by atoms with Crippen LogP contribution in [0.2, 0.25) is 5.02 Å². The van der Waals surface area contributed by atoms with E-state index in [1.165, 1.54) is 0 Å². The molecule has 1 aliphatic carbocycles. The molecule has 1 saturated carbocycles. The average Bonchev–Trinajstić information content (AvgIpc) is 2.87. The van der Waals surface area contributed by atoms with Crippen LogP contribution in [0.5, 0.6) is 5.75 Å². The lowest BCUT2D eigenvalue weighted by molar-refractivity contribution is 0.279. The summed E-state index contributed by atoms with van der Waals surface area (Å²) in [5.74, 6) is 0.773. The van der Waals surface area contributed by atoms with E-state index < -0.39 is 0 Å². The van der Waals surface area contributed by atoms with Gasteiger partial charge in [0.2, 0.25) is 0 Å². The minimum absolute atomic E-state index is 0.0838. The number of benzene rings is 1. The maximum absolute atomic E-state index is 5.92. The van der Waals surface area contributed by atoms with Gasteiger partial charge in [-0.3, -0.25) is 0 Å². The van der Waals surface area contributed by atoms with E-state index in [-0.39, 0.29) is 5.54 Å². The summed E-state index contributed by atoms with van der Waals surface area (Å²) in [6.45, 7) is 0.574. The van der Waals surface area contributed by atoms with Crippen LogP contribution in [0.15, 0.2) is 22.7 Å². The molecule has 1 aliphatic rings. The standard InChI is InChI=1S/C10H11BrClNO/c11-8-2-1-7(5-9(8)12)14-6-10(13)3-4-10/h1-2,5H,3-4,6,13H2. The van der Waals surface area contributed by atoms with Crippen LogP contribution in [0.3, 0.4) is 0 Å². The van der Waals surface area contributed by atoms with Crippen LogP contribution in [-0.2, 0) is 0 Å². The van der Waals surface area contributed by atoms with Gasteiger partial charge in [0.25, 0.3) is 0 Å². The summed E-state index contributed by atoms with van der Waals surface area (Å²) in [5.41, 5.74) is 5.81. The van der Waals surface area contributed by atoms with Crippen molar-refractivity contribution in [1.29, 1.82) is 0 Å². The average molecular weight is 277 g/mol. The molecule has 0 heterocycles. The van der Waals surface area contributed by atoms with Crippen LogP contribution < -0.4 is 10.5 Å². The predicted molar refractivity (Wildman–Crippen MR) is 60.8 cm³/mol. The second-order valence-corrected chi connectivity index (χ2v) is 4.99. The maximum Gasteiger partial charge on any atom is 0.120 e. The van der Waals surface area contributed by atoms with Gasteiger partial charge in [-0.1, -0.05) is 11.6 Å². The highest BCUT2D eigenvalue weighted by atomic mass is 79.9. The van der Waals surface area contributed by atoms with Gasteiger partial charge in [-0.25, -0.2) is 0 Å². The molecule has 0 unspecified atom stereocenters. The molecule has 4 heteroatoms. The summed E-state index contributed by atoms with van der Waals surface area (Å²) in [6, 6.07) is 5.53. The molecule has 0 aromatic heterocycles. The molecule has 0 saturated heterocycles. The Kier molecular flexibility index (Phi) is 2.73. The Hall–Kier alpha value is -0.250. The molecule has 0 aliphatic heterocycles. The van der Waals surface area contributed by atoms with Crippen LogP contribution in [0.4, 0.5) is 0 Å². The van der Waals surface area contributed by atoms with E-state index in [4.69, 9.17) is 22.1 Å². The zero-order valence-corrected chi connectivity index (χ0v) is 9.94. The van der Waals surface area contributed by atoms with Gasteiger partial charge in [0.15, 0.2) is 0 Å². The molecule has 0 atom stereocenters. The highest BCUT2D eigenvalue weighted by Gasteiger charge is 2.39. The number of ether oxygens (including phenoxy) is 1. The third-order valence-corrected chi connectivity index (χ3v) is 3.54. The smallest absolute Gasteiger partial charge is 0.120 e. The molecule has 1 fully saturated rings. The monoisotopic (exact) mass is 275 g/mol. The molecule has 2 N–H and O–H groups in total. The highest BCUT2D eigenvalue weighted by molar-refractivity contribution is 9.10. The van der Waals surface area contributed by atoms with E-state index in [1.807, 2.05) is 12.1 Å². The molecule has 0 spiro atoms. The Morgan fingerprint density at radius 3 is 2.79 bits per heavy atom. The molecule has 2 nitrogen and oxygen atoms in total. The van der Waals surface area contributed by atoms with Gasteiger partial charge in [-0.05, 0) is 47.0 Å². The summed E-state index contributed by atoms with van der Waals surface area (Å²) in [7, 11) is 0. The second-order valence-electron chi connectivity index (χ2n) is 3.73. The van der Waals surface area contributed by atoms with Gasteiger partial charge in [0.1, 0.15) is 12.4 Å². The maximum atomic E-state index is 5.92. The molecule has 1 aromatic carbocycles. The number of rotatable bonds is 3. The first-order valence-electron chi connectivity index (χ1n) is 4.46. The van der Waals surface area contributed by atoms with Gasteiger partial charge in [-0.2, -0.15) is 0 Å². The fourth-order valence-corrected chi connectivity index (χ4v) is 1.52. The van der Waals surface area contributed by atoms with E-state index in [0.29, 0.717) is 11.6 Å². The van der Waals surface area contributed by atoms with Crippen molar-refractivity contribution in [2.75, 3.05) is 6.61 Å². The van der Waals surface area contributed by atoms with Crippen molar-refractivity contribution in [1.82, 2.24) is 0 Å². The van der Waals surface area contributed by atoms with Crippen LogP contribution in [0, 0.1) is 0 Å². The zero-order chi connectivity index (χ0) is 10.2. The Balaban J connectivity index is 1.99. The summed E-state index contributed by atoms with van der Waals surface area (Å²) in [4.78, 5) is 0. The van der Waals surface area contributed by atoms with Crippen LogP contribution in [0.1, 0.15) is 12.8 Å². The van der Waals surface area contributed by atoms with E-state index in [1.54, 1.807) is 6.07 Å². The van der Waals surface area contributed by atoms with Crippen LogP contribution in [-0.4, -0.2) is 12.1 Å². The lowest BCUT2D eigenvalue weighted by Crippen LogP contribution is -2.29. The fraction of sp³-hybridized carbons (Fsp3) is 0.400. The summed E-state index contributed by atoms with van der Waals surface area (Å²) in [5, 5.41) is 0.657. The van der Waals surface area contributed by atoms with Crippen LogP contribution in [0.25, 0.3) is 0 Å². The van der Waals surface area contributed by atoms with Crippen molar-refractivity contribution in [3.05, 3.63) is 27.7 Å². The van der Waals surface area contributed by atoms with E-state index >= 15 is 0 Å². The third-order valence-electron chi connectivity index (χ3n) is 2.31. The summed E-state index contributed by atoms with van der Waals surface area (Å²) >= 11 is 9.24. The number of halogens is 2. The SMILES string of the molecule is NC1(COc2ccc(Br)c(Cl)c2)CC1.